The number of aryl methyl sites for hydroxylation is 1. The molecule has 0 fully saturated rings. The van der Waals surface area contributed by atoms with E-state index in [0.717, 1.165) is 12.0 Å². The van der Waals surface area contributed by atoms with Crippen molar-refractivity contribution < 1.29 is 4.79 Å². The topological polar surface area (TPSA) is 72.9 Å². The second kappa shape index (κ2) is 6.52. The molecule has 1 aromatic heterocycles. The summed E-state index contributed by atoms with van der Waals surface area (Å²) in [6, 6.07) is -0.631. The first-order chi connectivity index (χ1) is 9.16. The molecule has 1 atom stereocenters. The SMILES string of the molecule is Cn1cc(C(N)C(=O)NCCC2=CCCCC2)cn1. The number of nitrogens with zero attached hydrogens (tertiary/aromatic N) is 2. The van der Waals surface area contributed by atoms with Gasteiger partial charge >= 0.3 is 0 Å². The number of hydrogen-bond donors (Lipinski definition) is 2. The van der Waals surface area contributed by atoms with Crippen LogP contribution in [0.5, 0.6) is 0 Å². The van der Waals surface area contributed by atoms with Gasteiger partial charge in [0.15, 0.2) is 0 Å². The third-order valence-electron chi connectivity index (χ3n) is 3.50. The van der Waals surface area contributed by atoms with Crippen molar-refractivity contribution in [3.8, 4) is 0 Å². The Kier molecular flexibility index (Phi) is 4.74. The lowest BCUT2D eigenvalue weighted by atomic mass is 9.97. The van der Waals surface area contributed by atoms with E-state index in [1.807, 2.05) is 7.05 Å². The third-order valence-corrected chi connectivity index (χ3v) is 3.50. The van der Waals surface area contributed by atoms with Crippen LogP contribution in [0.1, 0.15) is 43.7 Å². The van der Waals surface area contributed by atoms with Gasteiger partial charge in [-0.2, -0.15) is 5.10 Å². The second-order valence-electron chi connectivity index (χ2n) is 5.07. The van der Waals surface area contributed by atoms with Crippen LogP contribution in [0.4, 0.5) is 0 Å². The fourth-order valence-electron chi connectivity index (χ4n) is 2.34. The fourth-order valence-corrected chi connectivity index (χ4v) is 2.34. The molecule has 1 aromatic rings. The summed E-state index contributed by atoms with van der Waals surface area (Å²) in [5, 5.41) is 6.92. The number of hydrogen-bond acceptors (Lipinski definition) is 3. The summed E-state index contributed by atoms with van der Waals surface area (Å²) in [4.78, 5) is 11.9. The molecule has 5 nitrogen and oxygen atoms in total. The Morgan fingerprint density at radius 2 is 2.42 bits per heavy atom. The number of aromatic nitrogens is 2. The molecule has 1 aliphatic carbocycles. The molecule has 1 heterocycles. The molecule has 2 rings (SSSR count). The van der Waals surface area contributed by atoms with E-state index < -0.39 is 6.04 Å². The number of carbonyl (C=O) groups is 1. The van der Waals surface area contributed by atoms with E-state index in [0.29, 0.717) is 6.54 Å². The normalized spacial score (nSPS) is 16.8. The smallest absolute Gasteiger partial charge is 0.241 e. The van der Waals surface area contributed by atoms with Crippen LogP contribution < -0.4 is 11.1 Å². The van der Waals surface area contributed by atoms with Gasteiger partial charge < -0.3 is 11.1 Å². The van der Waals surface area contributed by atoms with Gasteiger partial charge in [-0.15, -0.1) is 0 Å². The van der Waals surface area contributed by atoms with Crippen molar-refractivity contribution in [3.63, 3.8) is 0 Å². The van der Waals surface area contributed by atoms with Gasteiger partial charge in [-0.1, -0.05) is 11.6 Å². The molecule has 0 saturated carbocycles. The lowest BCUT2D eigenvalue weighted by Gasteiger charge is -2.14. The van der Waals surface area contributed by atoms with Crippen LogP contribution in [0.3, 0.4) is 0 Å². The molecule has 19 heavy (non-hydrogen) atoms. The zero-order chi connectivity index (χ0) is 13.7. The first-order valence-electron chi connectivity index (χ1n) is 6.86. The molecule has 1 amide bonds. The molecule has 1 unspecified atom stereocenters. The Bertz CT molecular complexity index is 464. The van der Waals surface area contributed by atoms with Crippen molar-refractivity contribution in [2.45, 2.75) is 38.1 Å². The molecule has 0 spiro atoms. The Balaban J connectivity index is 1.76. The monoisotopic (exact) mass is 262 g/mol. The van der Waals surface area contributed by atoms with Gasteiger partial charge in [0.1, 0.15) is 6.04 Å². The van der Waals surface area contributed by atoms with Crippen LogP contribution >= 0.6 is 0 Å². The van der Waals surface area contributed by atoms with Gasteiger partial charge in [0.2, 0.25) is 5.91 Å². The maximum Gasteiger partial charge on any atom is 0.241 e. The molecule has 1 aliphatic rings. The standard InChI is InChI=1S/C14H22N4O/c1-18-10-12(9-17-18)13(15)14(19)16-8-7-11-5-3-2-4-6-11/h5,9-10,13H,2-4,6-8,15H2,1H3,(H,16,19). The second-order valence-corrected chi connectivity index (χ2v) is 5.07. The predicted octanol–water partition coefficient (Wildman–Crippen LogP) is 1.43. The molecule has 0 saturated heterocycles. The average Bonchev–Trinajstić information content (AvgIpc) is 2.85. The molecule has 3 N–H and O–H groups in total. The lowest BCUT2D eigenvalue weighted by molar-refractivity contribution is -0.122. The van der Waals surface area contributed by atoms with E-state index in [9.17, 15) is 4.79 Å². The van der Waals surface area contributed by atoms with Gasteiger partial charge in [-0.25, -0.2) is 0 Å². The molecular weight excluding hydrogens is 240 g/mol. The largest absolute Gasteiger partial charge is 0.354 e. The first kappa shape index (κ1) is 13.8. The highest BCUT2D eigenvalue weighted by atomic mass is 16.2. The molecule has 0 aromatic carbocycles. The number of allylic oxidation sites excluding steroid dienone is 1. The zero-order valence-corrected chi connectivity index (χ0v) is 11.4. The summed E-state index contributed by atoms with van der Waals surface area (Å²) in [7, 11) is 1.81. The molecule has 5 heteroatoms. The Morgan fingerprint density at radius 3 is 3.05 bits per heavy atom. The minimum atomic E-state index is -0.631. The van der Waals surface area contributed by atoms with Crippen LogP contribution in [0.15, 0.2) is 24.0 Å². The Hall–Kier alpha value is -1.62. The van der Waals surface area contributed by atoms with Gasteiger partial charge in [-0.3, -0.25) is 9.48 Å². The summed E-state index contributed by atoms with van der Waals surface area (Å²) in [6.45, 7) is 0.665. The fraction of sp³-hybridized carbons (Fsp3) is 0.571. The summed E-state index contributed by atoms with van der Waals surface area (Å²) in [5.74, 6) is -0.135. The van der Waals surface area contributed by atoms with Gasteiger partial charge in [0.05, 0.1) is 6.20 Å². The molecule has 0 bridgehead atoms. The minimum Gasteiger partial charge on any atom is -0.354 e. The van der Waals surface area contributed by atoms with Crippen molar-refractivity contribution in [2.24, 2.45) is 12.8 Å². The van der Waals surface area contributed by atoms with Gasteiger partial charge in [0, 0.05) is 25.4 Å². The number of nitrogens with two attached hydrogens (primary N) is 1. The van der Waals surface area contributed by atoms with E-state index in [4.69, 9.17) is 5.73 Å². The number of nitrogens with one attached hydrogen (secondary N) is 1. The van der Waals surface area contributed by atoms with E-state index in [1.54, 1.807) is 17.1 Å². The van der Waals surface area contributed by atoms with Crippen molar-refractivity contribution >= 4 is 5.91 Å². The van der Waals surface area contributed by atoms with Crippen LogP contribution in [0.25, 0.3) is 0 Å². The van der Waals surface area contributed by atoms with E-state index >= 15 is 0 Å². The average molecular weight is 262 g/mol. The molecule has 104 valence electrons. The number of amides is 1. The lowest BCUT2D eigenvalue weighted by Crippen LogP contribution is -2.34. The quantitative estimate of drug-likeness (QED) is 0.788. The molecule has 0 aliphatic heterocycles. The first-order valence-corrected chi connectivity index (χ1v) is 6.86. The summed E-state index contributed by atoms with van der Waals surface area (Å²) in [5.41, 5.74) is 8.10. The molecule has 0 radical (unpaired) electrons. The van der Waals surface area contributed by atoms with Gasteiger partial charge in [-0.05, 0) is 32.1 Å². The number of carbonyl (C=O) groups excluding carboxylic acids is 1. The number of rotatable bonds is 5. The minimum absolute atomic E-state index is 0.135. The van der Waals surface area contributed by atoms with Gasteiger partial charge in [0.25, 0.3) is 0 Å². The van der Waals surface area contributed by atoms with Crippen molar-refractivity contribution in [2.75, 3.05) is 6.54 Å². The van der Waals surface area contributed by atoms with Crippen LogP contribution in [-0.2, 0) is 11.8 Å². The van der Waals surface area contributed by atoms with E-state index in [1.165, 1.54) is 31.3 Å². The Morgan fingerprint density at radius 1 is 1.58 bits per heavy atom. The van der Waals surface area contributed by atoms with Crippen molar-refractivity contribution in [1.29, 1.82) is 0 Å². The Labute approximate surface area is 113 Å². The highest BCUT2D eigenvalue weighted by molar-refractivity contribution is 5.82. The summed E-state index contributed by atoms with van der Waals surface area (Å²) >= 11 is 0. The van der Waals surface area contributed by atoms with Crippen LogP contribution in [0, 0.1) is 0 Å². The third kappa shape index (κ3) is 3.92. The summed E-state index contributed by atoms with van der Waals surface area (Å²) in [6.07, 6.45) is 11.6. The van der Waals surface area contributed by atoms with E-state index in [-0.39, 0.29) is 5.91 Å². The predicted molar refractivity (Wildman–Crippen MR) is 74.3 cm³/mol. The van der Waals surface area contributed by atoms with Crippen molar-refractivity contribution in [3.05, 3.63) is 29.6 Å². The van der Waals surface area contributed by atoms with Crippen LogP contribution in [0.2, 0.25) is 0 Å². The highest BCUT2D eigenvalue weighted by Gasteiger charge is 2.16. The zero-order valence-electron chi connectivity index (χ0n) is 11.4. The maximum absolute atomic E-state index is 11.9. The van der Waals surface area contributed by atoms with Crippen LogP contribution in [-0.4, -0.2) is 22.2 Å². The van der Waals surface area contributed by atoms with E-state index in [2.05, 4.69) is 16.5 Å². The molecular formula is C14H22N4O. The summed E-state index contributed by atoms with van der Waals surface area (Å²) < 4.78 is 1.65. The highest BCUT2D eigenvalue weighted by Crippen LogP contribution is 2.19. The maximum atomic E-state index is 11.9. The van der Waals surface area contributed by atoms with Crippen molar-refractivity contribution in [1.82, 2.24) is 15.1 Å².